The highest BCUT2D eigenvalue weighted by atomic mass is 32.2. The average Bonchev–Trinajstić information content (AvgIpc) is 2.40. The van der Waals surface area contributed by atoms with Crippen molar-refractivity contribution in [2.45, 2.75) is 42.6 Å². The third kappa shape index (κ3) is 4.99. The molecule has 20 heavy (non-hydrogen) atoms. The van der Waals surface area contributed by atoms with Crippen LogP contribution < -0.4 is 5.32 Å². The Balaban J connectivity index is 1.96. The highest BCUT2D eigenvalue weighted by molar-refractivity contribution is 7.99. The molecule has 2 aromatic carbocycles. The molecule has 0 atom stereocenters. The quantitative estimate of drug-likeness (QED) is 0.862. The van der Waals surface area contributed by atoms with Crippen LogP contribution in [0.15, 0.2) is 58.3 Å². The zero-order valence-electron chi connectivity index (χ0n) is 12.1. The van der Waals surface area contributed by atoms with Gasteiger partial charge in [0.15, 0.2) is 0 Å². The van der Waals surface area contributed by atoms with E-state index in [0.29, 0.717) is 0 Å². The molecule has 0 aliphatic heterocycles. The molecule has 0 amide bonds. The van der Waals surface area contributed by atoms with E-state index in [2.05, 4.69) is 50.4 Å². The molecular formula is C17H20FNS. The lowest BCUT2D eigenvalue weighted by atomic mass is 10.1. The lowest BCUT2D eigenvalue weighted by molar-refractivity contribution is 0.424. The molecular weight excluding hydrogens is 269 g/mol. The van der Waals surface area contributed by atoms with Crippen molar-refractivity contribution in [2.75, 3.05) is 0 Å². The van der Waals surface area contributed by atoms with Crippen LogP contribution in [0.3, 0.4) is 0 Å². The van der Waals surface area contributed by atoms with E-state index in [1.807, 2.05) is 0 Å². The number of halogens is 1. The molecule has 0 heterocycles. The molecule has 1 nitrogen and oxygen atoms in total. The largest absolute Gasteiger partial charge is 0.308 e. The maximum atomic E-state index is 12.8. The van der Waals surface area contributed by atoms with Gasteiger partial charge in [-0.3, -0.25) is 0 Å². The lowest BCUT2D eigenvalue weighted by Crippen LogP contribution is -2.35. The Kier molecular flexibility index (Phi) is 4.84. The van der Waals surface area contributed by atoms with Gasteiger partial charge in [-0.25, -0.2) is 4.39 Å². The van der Waals surface area contributed by atoms with Gasteiger partial charge in [0.2, 0.25) is 0 Å². The second kappa shape index (κ2) is 6.42. The van der Waals surface area contributed by atoms with E-state index in [0.717, 1.165) is 16.3 Å². The van der Waals surface area contributed by atoms with E-state index < -0.39 is 0 Å². The Labute approximate surface area is 124 Å². The van der Waals surface area contributed by atoms with Crippen molar-refractivity contribution in [3.8, 4) is 0 Å². The molecule has 1 N–H and O–H groups in total. The summed E-state index contributed by atoms with van der Waals surface area (Å²) >= 11 is 1.64. The minimum atomic E-state index is -0.196. The van der Waals surface area contributed by atoms with Gasteiger partial charge < -0.3 is 5.32 Å². The van der Waals surface area contributed by atoms with Crippen molar-refractivity contribution in [2.24, 2.45) is 0 Å². The van der Waals surface area contributed by atoms with Gasteiger partial charge in [0.1, 0.15) is 5.82 Å². The van der Waals surface area contributed by atoms with Crippen LogP contribution in [0.1, 0.15) is 26.3 Å². The molecule has 0 aromatic heterocycles. The Morgan fingerprint density at radius 2 is 1.40 bits per heavy atom. The number of hydrogen-bond donors (Lipinski definition) is 1. The van der Waals surface area contributed by atoms with Crippen LogP contribution in [0.4, 0.5) is 4.39 Å². The van der Waals surface area contributed by atoms with Gasteiger partial charge in [-0.05, 0) is 62.7 Å². The second-order valence-electron chi connectivity index (χ2n) is 5.80. The third-order valence-corrected chi connectivity index (χ3v) is 3.81. The smallest absolute Gasteiger partial charge is 0.123 e. The molecule has 0 radical (unpaired) electrons. The van der Waals surface area contributed by atoms with Gasteiger partial charge in [-0.1, -0.05) is 23.9 Å². The van der Waals surface area contributed by atoms with E-state index in [9.17, 15) is 4.39 Å². The summed E-state index contributed by atoms with van der Waals surface area (Å²) in [7, 11) is 0. The van der Waals surface area contributed by atoms with Gasteiger partial charge in [-0.15, -0.1) is 0 Å². The van der Waals surface area contributed by atoms with Crippen LogP contribution >= 0.6 is 11.8 Å². The van der Waals surface area contributed by atoms with Crippen molar-refractivity contribution in [1.82, 2.24) is 5.32 Å². The monoisotopic (exact) mass is 289 g/mol. The van der Waals surface area contributed by atoms with Gasteiger partial charge >= 0.3 is 0 Å². The minimum absolute atomic E-state index is 0.127. The standard InChI is InChI=1S/C17H20FNS/c1-17(2,3)19-12-13-4-8-15(9-5-13)20-16-10-6-14(18)7-11-16/h4-11,19H,12H2,1-3H3. The van der Waals surface area contributed by atoms with Gasteiger partial charge in [0.05, 0.1) is 0 Å². The van der Waals surface area contributed by atoms with Gasteiger partial charge in [0.25, 0.3) is 0 Å². The summed E-state index contributed by atoms with van der Waals surface area (Å²) in [4.78, 5) is 2.21. The lowest BCUT2D eigenvalue weighted by Gasteiger charge is -2.20. The molecule has 0 aliphatic carbocycles. The van der Waals surface area contributed by atoms with Crippen molar-refractivity contribution in [3.05, 3.63) is 59.9 Å². The van der Waals surface area contributed by atoms with E-state index in [1.54, 1.807) is 23.9 Å². The zero-order valence-corrected chi connectivity index (χ0v) is 12.9. The first-order valence-corrected chi connectivity index (χ1v) is 7.51. The van der Waals surface area contributed by atoms with Crippen molar-refractivity contribution < 1.29 is 4.39 Å². The molecule has 3 heteroatoms. The topological polar surface area (TPSA) is 12.0 Å². The van der Waals surface area contributed by atoms with Crippen LogP contribution in [0.5, 0.6) is 0 Å². The van der Waals surface area contributed by atoms with E-state index in [-0.39, 0.29) is 11.4 Å². The SMILES string of the molecule is CC(C)(C)NCc1ccc(Sc2ccc(F)cc2)cc1. The van der Waals surface area contributed by atoms with Crippen LogP contribution in [0, 0.1) is 5.82 Å². The summed E-state index contributed by atoms with van der Waals surface area (Å²) in [5.41, 5.74) is 1.39. The first-order chi connectivity index (χ1) is 9.42. The van der Waals surface area contributed by atoms with E-state index in [1.165, 1.54) is 17.7 Å². The van der Waals surface area contributed by atoms with Gasteiger partial charge in [0, 0.05) is 21.9 Å². The maximum Gasteiger partial charge on any atom is 0.123 e. The van der Waals surface area contributed by atoms with Crippen LogP contribution in [0.25, 0.3) is 0 Å². The van der Waals surface area contributed by atoms with E-state index in [4.69, 9.17) is 0 Å². The van der Waals surface area contributed by atoms with Crippen LogP contribution in [0.2, 0.25) is 0 Å². The summed E-state index contributed by atoms with van der Waals surface area (Å²) in [6.45, 7) is 7.34. The summed E-state index contributed by atoms with van der Waals surface area (Å²) in [6.07, 6.45) is 0. The van der Waals surface area contributed by atoms with Crippen molar-refractivity contribution in [3.63, 3.8) is 0 Å². The molecule has 106 valence electrons. The molecule has 2 aromatic rings. The molecule has 2 rings (SSSR count). The molecule has 0 fully saturated rings. The fourth-order valence-electron chi connectivity index (χ4n) is 1.68. The fraction of sp³-hybridized carbons (Fsp3) is 0.294. The highest BCUT2D eigenvalue weighted by Crippen LogP contribution is 2.27. The fourth-order valence-corrected chi connectivity index (χ4v) is 2.50. The first-order valence-electron chi connectivity index (χ1n) is 6.70. The van der Waals surface area contributed by atoms with Crippen molar-refractivity contribution in [1.29, 1.82) is 0 Å². The Morgan fingerprint density at radius 1 is 0.900 bits per heavy atom. The first kappa shape index (κ1) is 15.1. The Bertz CT molecular complexity index is 541. The number of hydrogen-bond acceptors (Lipinski definition) is 2. The maximum absolute atomic E-state index is 12.8. The molecule has 0 unspecified atom stereocenters. The normalized spacial score (nSPS) is 11.6. The highest BCUT2D eigenvalue weighted by Gasteiger charge is 2.08. The van der Waals surface area contributed by atoms with Crippen molar-refractivity contribution >= 4 is 11.8 Å². The molecule has 0 saturated carbocycles. The Hall–Kier alpha value is -1.32. The predicted molar refractivity (Wildman–Crippen MR) is 83.6 cm³/mol. The summed E-state index contributed by atoms with van der Waals surface area (Å²) in [5.74, 6) is -0.196. The number of benzene rings is 2. The average molecular weight is 289 g/mol. The molecule has 0 spiro atoms. The summed E-state index contributed by atoms with van der Waals surface area (Å²) in [5, 5.41) is 3.47. The molecule has 0 aliphatic rings. The summed E-state index contributed by atoms with van der Waals surface area (Å²) in [6, 6.07) is 15.1. The van der Waals surface area contributed by atoms with Crippen LogP contribution in [-0.2, 0) is 6.54 Å². The Morgan fingerprint density at radius 3 is 1.90 bits per heavy atom. The third-order valence-electron chi connectivity index (χ3n) is 2.80. The molecule has 0 bridgehead atoms. The van der Waals surface area contributed by atoms with E-state index >= 15 is 0 Å². The summed E-state index contributed by atoms with van der Waals surface area (Å²) < 4.78 is 12.8. The van der Waals surface area contributed by atoms with Gasteiger partial charge in [-0.2, -0.15) is 0 Å². The zero-order chi connectivity index (χ0) is 14.6. The van der Waals surface area contributed by atoms with Crippen LogP contribution in [-0.4, -0.2) is 5.54 Å². The number of nitrogens with one attached hydrogen (secondary N) is 1. The molecule has 0 saturated heterocycles. The second-order valence-corrected chi connectivity index (χ2v) is 6.95. The predicted octanol–water partition coefficient (Wildman–Crippen LogP) is 4.87. The number of rotatable bonds is 4. The minimum Gasteiger partial charge on any atom is -0.308 e.